The van der Waals surface area contributed by atoms with Crippen LogP contribution in [0.15, 0.2) is 0 Å². The summed E-state index contributed by atoms with van der Waals surface area (Å²) in [6.07, 6.45) is 1.04. The molecule has 2 fully saturated rings. The van der Waals surface area contributed by atoms with Crippen molar-refractivity contribution in [3.63, 3.8) is 0 Å². The van der Waals surface area contributed by atoms with Crippen LogP contribution in [0.1, 0.15) is 27.2 Å². The summed E-state index contributed by atoms with van der Waals surface area (Å²) in [7, 11) is 0. The van der Waals surface area contributed by atoms with E-state index < -0.39 is 5.41 Å². The average Bonchev–Trinajstić information content (AvgIpc) is 2.94. The zero-order valence-corrected chi connectivity index (χ0v) is 13.4. The summed E-state index contributed by atoms with van der Waals surface area (Å²) < 4.78 is 0. The number of carbonyl (C=O) groups excluding carboxylic acids is 2. The number of carbonyl (C=O) groups is 2. The predicted octanol–water partition coefficient (Wildman–Crippen LogP) is -0.345. The van der Waals surface area contributed by atoms with Crippen LogP contribution in [0, 0.1) is 5.41 Å². The largest absolute Gasteiger partial charge is 0.347 e. The molecule has 6 heteroatoms. The topological polar surface area (TPSA) is 64.7 Å². The third-order valence-electron chi connectivity index (χ3n) is 4.27. The molecule has 2 saturated heterocycles. The second-order valence-corrected chi connectivity index (χ2v) is 7.00. The van der Waals surface area contributed by atoms with E-state index >= 15 is 0 Å². The molecule has 0 bridgehead atoms. The van der Waals surface area contributed by atoms with Crippen molar-refractivity contribution < 1.29 is 9.59 Å². The molecule has 0 aromatic heterocycles. The lowest BCUT2D eigenvalue weighted by molar-refractivity contribution is -0.134. The van der Waals surface area contributed by atoms with Crippen LogP contribution in [0.3, 0.4) is 0 Å². The van der Waals surface area contributed by atoms with E-state index in [0.29, 0.717) is 6.04 Å². The Kier molecular flexibility index (Phi) is 5.22. The Balaban J connectivity index is 1.75. The summed E-state index contributed by atoms with van der Waals surface area (Å²) in [4.78, 5) is 28.3. The van der Waals surface area contributed by atoms with Crippen LogP contribution < -0.4 is 10.6 Å². The highest BCUT2D eigenvalue weighted by Gasteiger charge is 2.31. The van der Waals surface area contributed by atoms with E-state index in [-0.39, 0.29) is 18.4 Å². The number of hydrogen-bond acceptors (Lipinski definition) is 4. The van der Waals surface area contributed by atoms with Crippen LogP contribution in [-0.4, -0.2) is 73.5 Å². The summed E-state index contributed by atoms with van der Waals surface area (Å²) in [6.45, 7) is 11.5. The molecule has 0 aliphatic carbocycles. The highest BCUT2D eigenvalue weighted by molar-refractivity contribution is 5.87. The molecule has 2 aliphatic rings. The van der Waals surface area contributed by atoms with Gasteiger partial charge in [0.1, 0.15) is 0 Å². The van der Waals surface area contributed by atoms with Crippen molar-refractivity contribution in [1.29, 1.82) is 0 Å². The Bertz CT molecular complexity index is 386. The number of hydrogen-bond donors (Lipinski definition) is 2. The lowest BCUT2D eigenvalue weighted by Crippen LogP contribution is -2.50. The first kappa shape index (κ1) is 16.2. The van der Waals surface area contributed by atoms with E-state index in [1.807, 2.05) is 25.7 Å². The van der Waals surface area contributed by atoms with Gasteiger partial charge in [-0.2, -0.15) is 0 Å². The first-order valence-electron chi connectivity index (χ1n) is 7.89. The maximum Gasteiger partial charge on any atom is 0.242 e. The van der Waals surface area contributed by atoms with E-state index in [2.05, 4.69) is 15.5 Å². The highest BCUT2D eigenvalue weighted by atomic mass is 16.2. The minimum atomic E-state index is -0.450. The molecule has 2 heterocycles. The standard InChI is InChI=1S/C15H28N4O2/c1-15(2,3)14(21)17-10-13(20)19-7-4-12(11-19)18-8-5-16-6-9-18/h12,16H,4-11H2,1-3H3,(H,17,21). The second kappa shape index (κ2) is 6.75. The van der Waals surface area contributed by atoms with Gasteiger partial charge in [0.05, 0.1) is 6.54 Å². The fourth-order valence-electron chi connectivity index (χ4n) is 2.85. The van der Waals surface area contributed by atoms with Gasteiger partial charge in [0.25, 0.3) is 0 Å². The van der Waals surface area contributed by atoms with Gasteiger partial charge in [-0.1, -0.05) is 20.8 Å². The number of nitrogens with zero attached hydrogens (tertiary/aromatic N) is 2. The predicted molar refractivity (Wildman–Crippen MR) is 81.9 cm³/mol. The van der Waals surface area contributed by atoms with Crippen LogP contribution in [0.4, 0.5) is 0 Å². The fourth-order valence-corrected chi connectivity index (χ4v) is 2.85. The number of piperazine rings is 1. The zero-order chi connectivity index (χ0) is 15.5. The molecular formula is C15H28N4O2. The minimum Gasteiger partial charge on any atom is -0.347 e. The van der Waals surface area contributed by atoms with Gasteiger partial charge in [0.2, 0.25) is 11.8 Å². The summed E-state index contributed by atoms with van der Waals surface area (Å²) in [6, 6.07) is 0.481. The molecule has 120 valence electrons. The summed E-state index contributed by atoms with van der Waals surface area (Å²) in [5.41, 5.74) is -0.450. The molecule has 1 atom stereocenters. The first-order valence-corrected chi connectivity index (χ1v) is 7.89. The van der Waals surface area contributed by atoms with Gasteiger partial charge in [-0.05, 0) is 6.42 Å². The molecule has 6 nitrogen and oxygen atoms in total. The number of likely N-dealkylation sites (tertiary alicyclic amines) is 1. The van der Waals surface area contributed by atoms with E-state index in [1.54, 1.807) is 0 Å². The van der Waals surface area contributed by atoms with Gasteiger partial charge in [-0.15, -0.1) is 0 Å². The van der Waals surface area contributed by atoms with Crippen molar-refractivity contribution >= 4 is 11.8 Å². The normalized spacial score (nSPS) is 24.1. The maximum atomic E-state index is 12.2. The first-order chi connectivity index (χ1) is 9.88. The smallest absolute Gasteiger partial charge is 0.242 e. The Morgan fingerprint density at radius 1 is 1.19 bits per heavy atom. The molecule has 2 rings (SSSR count). The summed E-state index contributed by atoms with van der Waals surface area (Å²) >= 11 is 0. The molecule has 0 aromatic carbocycles. The van der Waals surface area contributed by atoms with Crippen LogP contribution in [0.2, 0.25) is 0 Å². The molecule has 2 N–H and O–H groups in total. The third-order valence-corrected chi connectivity index (χ3v) is 4.27. The van der Waals surface area contributed by atoms with Gasteiger partial charge in [-0.3, -0.25) is 14.5 Å². The van der Waals surface area contributed by atoms with E-state index in [1.165, 1.54) is 0 Å². The molecule has 21 heavy (non-hydrogen) atoms. The van der Waals surface area contributed by atoms with Crippen molar-refractivity contribution in [1.82, 2.24) is 20.4 Å². The Morgan fingerprint density at radius 2 is 1.86 bits per heavy atom. The molecule has 0 radical (unpaired) electrons. The lowest BCUT2D eigenvalue weighted by Gasteiger charge is -2.32. The highest BCUT2D eigenvalue weighted by Crippen LogP contribution is 2.16. The fraction of sp³-hybridized carbons (Fsp3) is 0.867. The molecule has 0 spiro atoms. The van der Waals surface area contributed by atoms with Crippen LogP contribution >= 0.6 is 0 Å². The van der Waals surface area contributed by atoms with Crippen molar-refractivity contribution in [2.75, 3.05) is 45.8 Å². The second-order valence-electron chi connectivity index (χ2n) is 7.00. The number of rotatable bonds is 3. The van der Waals surface area contributed by atoms with Gasteiger partial charge < -0.3 is 15.5 Å². The van der Waals surface area contributed by atoms with Crippen LogP contribution in [0.5, 0.6) is 0 Å². The zero-order valence-electron chi connectivity index (χ0n) is 13.4. The van der Waals surface area contributed by atoms with E-state index in [0.717, 1.165) is 45.7 Å². The van der Waals surface area contributed by atoms with E-state index in [9.17, 15) is 9.59 Å². The maximum absolute atomic E-state index is 12.2. The van der Waals surface area contributed by atoms with Crippen molar-refractivity contribution in [3.8, 4) is 0 Å². The number of amides is 2. The van der Waals surface area contributed by atoms with Crippen molar-refractivity contribution in [2.45, 2.75) is 33.2 Å². The molecule has 0 saturated carbocycles. The van der Waals surface area contributed by atoms with Crippen molar-refractivity contribution in [2.24, 2.45) is 5.41 Å². The van der Waals surface area contributed by atoms with Gasteiger partial charge in [-0.25, -0.2) is 0 Å². The van der Waals surface area contributed by atoms with Gasteiger partial charge in [0.15, 0.2) is 0 Å². The Hall–Kier alpha value is -1.14. The average molecular weight is 296 g/mol. The SMILES string of the molecule is CC(C)(C)C(=O)NCC(=O)N1CCC(N2CCNCC2)C1. The van der Waals surface area contributed by atoms with Crippen LogP contribution in [-0.2, 0) is 9.59 Å². The summed E-state index contributed by atoms with van der Waals surface area (Å²) in [5.74, 6) is -0.0427. The number of nitrogens with one attached hydrogen (secondary N) is 2. The lowest BCUT2D eigenvalue weighted by atomic mass is 9.96. The minimum absolute atomic E-state index is 0.0326. The van der Waals surface area contributed by atoms with Crippen molar-refractivity contribution in [3.05, 3.63) is 0 Å². The van der Waals surface area contributed by atoms with E-state index in [4.69, 9.17) is 0 Å². The molecule has 1 unspecified atom stereocenters. The van der Waals surface area contributed by atoms with Gasteiger partial charge in [0, 0.05) is 50.7 Å². The van der Waals surface area contributed by atoms with Gasteiger partial charge >= 0.3 is 0 Å². The molecule has 0 aromatic rings. The molecular weight excluding hydrogens is 268 g/mol. The molecule has 2 amide bonds. The third kappa shape index (κ3) is 4.41. The van der Waals surface area contributed by atoms with Crippen LogP contribution in [0.25, 0.3) is 0 Å². The summed E-state index contributed by atoms with van der Waals surface area (Å²) in [5, 5.41) is 6.09. The molecule has 2 aliphatic heterocycles. The quantitative estimate of drug-likeness (QED) is 0.747. The Labute approximate surface area is 127 Å². The Morgan fingerprint density at radius 3 is 2.48 bits per heavy atom. The monoisotopic (exact) mass is 296 g/mol.